The monoisotopic (exact) mass is 340 g/mol. The predicted octanol–water partition coefficient (Wildman–Crippen LogP) is 2.85. The smallest absolute Gasteiger partial charge is 0.342 e. The Morgan fingerprint density at radius 1 is 1.16 bits per heavy atom. The van der Waals surface area contributed by atoms with E-state index in [9.17, 15) is 4.79 Å². The van der Waals surface area contributed by atoms with Gasteiger partial charge >= 0.3 is 5.97 Å². The molecule has 1 aromatic carbocycles. The van der Waals surface area contributed by atoms with E-state index in [-0.39, 0.29) is 12.5 Å². The first kappa shape index (κ1) is 16.9. The average molecular weight is 340 g/mol. The zero-order chi connectivity index (χ0) is 17.8. The van der Waals surface area contributed by atoms with Crippen molar-refractivity contribution >= 4 is 5.97 Å². The van der Waals surface area contributed by atoms with Gasteiger partial charge in [-0.2, -0.15) is 5.10 Å². The minimum absolute atomic E-state index is 0.0470. The fraction of sp³-hybridized carbons (Fsp3) is 0.333. The Morgan fingerprint density at radius 3 is 2.56 bits per heavy atom. The zero-order valence-corrected chi connectivity index (χ0v) is 14.5. The summed E-state index contributed by atoms with van der Waals surface area (Å²) in [6.07, 6.45) is 0.644. The molecule has 0 amide bonds. The van der Waals surface area contributed by atoms with Gasteiger partial charge in [0.25, 0.3) is 5.89 Å². The Balaban J connectivity index is 1.72. The Bertz CT molecular complexity index is 868. The van der Waals surface area contributed by atoms with Crippen molar-refractivity contribution in [2.75, 3.05) is 0 Å². The Hall–Kier alpha value is -2.96. The maximum atomic E-state index is 12.4. The van der Waals surface area contributed by atoms with Gasteiger partial charge in [-0.25, -0.2) is 4.79 Å². The van der Waals surface area contributed by atoms with E-state index < -0.39 is 5.97 Å². The van der Waals surface area contributed by atoms with Gasteiger partial charge in [0, 0.05) is 6.42 Å². The quantitative estimate of drug-likeness (QED) is 0.642. The molecule has 0 N–H and O–H groups in total. The molecule has 2 heterocycles. The van der Waals surface area contributed by atoms with Crippen LogP contribution in [0, 0.1) is 13.8 Å². The molecule has 0 saturated heterocycles. The van der Waals surface area contributed by atoms with Crippen molar-refractivity contribution in [3.05, 3.63) is 64.6 Å². The van der Waals surface area contributed by atoms with Gasteiger partial charge in [-0.05, 0) is 19.4 Å². The van der Waals surface area contributed by atoms with E-state index in [2.05, 4.69) is 15.3 Å². The van der Waals surface area contributed by atoms with Crippen LogP contribution < -0.4 is 0 Å². The highest BCUT2D eigenvalue weighted by molar-refractivity contribution is 5.91. The minimum atomic E-state index is -0.439. The first-order valence-electron chi connectivity index (χ1n) is 8.14. The Labute approximate surface area is 145 Å². The number of hydrogen-bond acceptors (Lipinski definition) is 6. The number of esters is 1. The molecule has 25 heavy (non-hydrogen) atoms. The highest BCUT2D eigenvalue weighted by atomic mass is 16.5. The lowest BCUT2D eigenvalue weighted by molar-refractivity contribution is 0.0434. The normalized spacial score (nSPS) is 10.8. The molecule has 0 fully saturated rings. The molecular weight excluding hydrogens is 320 g/mol. The second-order valence-corrected chi connectivity index (χ2v) is 5.71. The maximum Gasteiger partial charge on any atom is 0.342 e. The van der Waals surface area contributed by atoms with Crippen LogP contribution >= 0.6 is 0 Å². The van der Waals surface area contributed by atoms with Crippen LogP contribution in [0.1, 0.15) is 46.0 Å². The molecule has 7 nitrogen and oxygen atoms in total. The summed E-state index contributed by atoms with van der Waals surface area (Å²) in [5.74, 6) is 0.372. The highest BCUT2D eigenvalue weighted by Crippen LogP contribution is 2.17. The molecule has 0 saturated carbocycles. The molecule has 3 rings (SSSR count). The number of rotatable bonds is 6. The van der Waals surface area contributed by atoms with Gasteiger partial charge in [0.15, 0.2) is 6.61 Å². The highest BCUT2D eigenvalue weighted by Gasteiger charge is 2.21. The molecule has 0 unspecified atom stereocenters. The van der Waals surface area contributed by atoms with E-state index in [1.165, 1.54) is 0 Å². The van der Waals surface area contributed by atoms with Crippen molar-refractivity contribution in [2.45, 2.75) is 40.3 Å². The van der Waals surface area contributed by atoms with Crippen LogP contribution in [0.25, 0.3) is 0 Å². The van der Waals surface area contributed by atoms with E-state index in [0.29, 0.717) is 30.1 Å². The van der Waals surface area contributed by atoms with Crippen molar-refractivity contribution in [1.29, 1.82) is 0 Å². The molecule has 0 aliphatic heterocycles. The minimum Gasteiger partial charge on any atom is -0.452 e. The first-order chi connectivity index (χ1) is 12.1. The Morgan fingerprint density at radius 2 is 1.88 bits per heavy atom. The summed E-state index contributed by atoms with van der Waals surface area (Å²) in [5.41, 5.74) is 3.00. The van der Waals surface area contributed by atoms with E-state index in [0.717, 1.165) is 11.3 Å². The van der Waals surface area contributed by atoms with Crippen LogP contribution in [0.2, 0.25) is 0 Å². The number of carbonyl (C=O) groups is 1. The molecule has 130 valence electrons. The predicted molar refractivity (Wildman–Crippen MR) is 90.0 cm³/mol. The zero-order valence-electron chi connectivity index (χ0n) is 14.5. The van der Waals surface area contributed by atoms with Gasteiger partial charge in [0.1, 0.15) is 5.56 Å². The molecule has 0 spiro atoms. The van der Waals surface area contributed by atoms with Gasteiger partial charge in [0.2, 0.25) is 5.89 Å². The molecule has 0 aliphatic carbocycles. The molecule has 0 radical (unpaired) electrons. The molecule has 2 aromatic heterocycles. The third-order valence-corrected chi connectivity index (χ3v) is 3.90. The van der Waals surface area contributed by atoms with Crippen molar-refractivity contribution in [2.24, 2.45) is 0 Å². The van der Waals surface area contributed by atoms with Crippen LogP contribution in [-0.2, 0) is 24.3 Å². The van der Waals surface area contributed by atoms with Crippen molar-refractivity contribution in [1.82, 2.24) is 20.0 Å². The molecule has 7 heteroatoms. The molecule has 0 atom stereocenters. The first-order valence-corrected chi connectivity index (χ1v) is 8.14. The average Bonchev–Trinajstić information content (AvgIpc) is 3.18. The number of benzene rings is 1. The van der Waals surface area contributed by atoms with E-state index >= 15 is 0 Å². The summed E-state index contributed by atoms with van der Waals surface area (Å²) in [6.45, 7) is 6.13. The third kappa shape index (κ3) is 3.76. The molecule has 0 aliphatic rings. The largest absolute Gasteiger partial charge is 0.452 e. The van der Waals surface area contributed by atoms with Gasteiger partial charge < -0.3 is 9.15 Å². The van der Waals surface area contributed by atoms with Crippen LogP contribution in [0.15, 0.2) is 34.7 Å². The van der Waals surface area contributed by atoms with Crippen LogP contribution in [0.5, 0.6) is 0 Å². The van der Waals surface area contributed by atoms with Crippen LogP contribution in [0.4, 0.5) is 0 Å². The van der Waals surface area contributed by atoms with Crippen LogP contribution in [-0.4, -0.2) is 25.9 Å². The van der Waals surface area contributed by atoms with Crippen molar-refractivity contribution < 1.29 is 13.9 Å². The topological polar surface area (TPSA) is 83.0 Å². The molecule has 0 bridgehead atoms. The standard InChI is InChI=1S/C18H20N4O3/c1-4-15-19-20-16(25-15)11-24-18(23)17-12(2)21-22(13(17)3)10-14-8-6-5-7-9-14/h5-9H,4,10-11H2,1-3H3. The fourth-order valence-electron chi connectivity index (χ4n) is 2.59. The maximum absolute atomic E-state index is 12.4. The van der Waals surface area contributed by atoms with Crippen LogP contribution in [0.3, 0.4) is 0 Å². The fourth-order valence-corrected chi connectivity index (χ4v) is 2.59. The summed E-state index contributed by atoms with van der Waals surface area (Å²) < 4.78 is 12.5. The number of nitrogens with zero attached hydrogens (tertiary/aromatic N) is 4. The van der Waals surface area contributed by atoms with E-state index in [1.807, 2.05) is 48.9 Å². The van der Waals surface area contributed by atoms with E-state index in [4.69, 9.17) is 9.15 Å². The summed E-state index contributed by atoms with van der Waals surface area (Å²) in [7, 11) is 0. The SMILES string of the molecule is CCc1nnc(COC(=O)c2c(C)nn(Cc3ccccc3)c2C)o1. The summed E-state index contributed by atoms with van der Waals surface area (Å²) in [6, 6.07) is 9.97. The third-order valence-electron chi connectivity index (χ3n) is 3.90. The number of hydrogen-bond donors (Lipinski definition) is 0. The lowest BCUT2D eigenvalue weighted by Crippen LogP contribution is -2.09. The van der Waals surface area contributed by atoms with Gasteiger partial charge in [0.05, 0.1) is 17.9 Å². The number of aromatic nitrogens is 4. The lowest BCUT2D eigenvalue weighted by atomic mass is 10.2. The number of ether oxygens (including phenoxy) is 1. The summed E-state index contributed by atoms with van der Waals surface area (Å²) in [4.78, 5) is 12.4. The summed E-state index contributed by atoms with van der Waals surface area (Å²) in [5, 5.41) is 12.2. The molecule has 3 aromatic rings. The number of aryl methyl sites for hydroxylation is 2. The van der Waals surface area contributed by atoms with Crippen molar-refractivity contribution in [3.63, 3.8) is 0 Å². The second-order valence-electron chi connectivity index (χ2n) is 5.71. The van der Waals surface area contributed by atoms with E-state index in [1.54, 1.807) is 6.92 Å². The summed E-state index contributed by atoms with van der Waals surface area (Å²) >= 11 is 0. The van der Waals surface area contributed by atoms with Crippen molar-refractivity contribution in [3.8, 4) is 0 Å². The van der Waals surface area contributed by atoms with Gasteiger partial charge in [-0.15, -0.1) is 10.2 Å². The second kappa shape index (κ2) is 7.29. The lowest BCUT2D eigenvalue weighted by Gasteiger charge is -2.05. The number of carbonyl (C=O) groups excluding carboxylic acids is 1. The molecular formula is C18H20N4O3. The van der Waals surface area contributed by atoms with Gasteiger partial charge in [-0.3, -0.25) is 4.68 Å². The van der Waals surface area contributed by atoms with Gasteiger partial charge in [-0.1, -0.05) is 37.3 Å². The Kier molecular flexibility index (Phi) is 4.92.